The number of fused-ring (bicyclic) bond motifs is 1. The third-order valence-electron chi connectivity index (χ3n) is 6.10. The Morgan fingerprint density at radius 3 is 2.42 bits per heavy atom. The van der Waals surface area contributed by atoms with Crippen molar-refractivity contribution < 1.29 is 24.2 Å². The summed E-state index contributed by atoms with van der Waals surface area (Å²) >= 11 is 2.55. The number of hydrogen-bond acceptors (Lipinski definition) is 9. The molecule has 0 fully saturated rings. The van der Waals surface area contributed by atoms with Gasteiger partial charge in [0.15, 0.2) is 10.9 Å². The number of Topliss-reactive ketones (excluding diaryl/α,β-unsaturated/α-hetero) is 1. The number of aliphatic hydroxyl groups excluding tert-OH is 1. The van der Waals surface area contributed by atoms with E-state index < -0.39 is 23.5 Å². The van der Waals surface area contributed by atoms with Gasteiger partial charge in [-0.15, -0.1) is 11.3 Å². The molecule has 1 N–H and O–H groups in total. The summed E-state index contributed by atoms with van der Waals surface area (Å²) in [6.07, 6.45) is 0.873. The van der Waals surface area contributed by atoms with Crippen LogP contribution in [0.15, 0.2) is 53.8 Å². The lowest BCUT2D eigenvalue weighted by Crippen LogP contribution is -2.31. The van der Waals surface area contributed by atoms with Gasteiger partial charge in [0.25, 0.3) is 5.91 Å². The predicted molar refractivity (Wildman–Crippen MR) is 149 cm³/mol. The van der Waals surface area contributed by atoms with E-state index in [2.05, 4.69) is 9.97 Å². The van der Waals surface area contributed by atoms with Gasteiger partial charge in [-0.25, -0.2) is 9.97 Å². The molecule has 0 bridgehead atoms. The summed E-state index contributed by atoms with van der Waals surface area (Å²) in [5.74, 6) is -0.281. The molecule has 38 heavy (non-hydrogen) atoms. The van der Waals surface area contributed by atoms with Crippen LogP contribution in [0.5, 0.6) is 11.5 Å². The summed E-state index contributed by atoms with van der Waals surface area (Å²) in [7, 11) is 0. The van der Waals surface area contributed by atoms with Crippen molar-refractivity contribution in [3.63, 3.8) is 0 Å². The van der Waals surface area contributed by atoms with Crippen molar-refractivity contribution >= 4 is 49.7 Å². The molecule has 0 saturated carbocycles. The van der Waals surface area contributed by atoms with Crippen LogP contribution in [0.1, 0.15) is 52.2 Å². The van der Waals surface area contributed by atoms with Crippen LogP contribution in [0.25, 0.3) is 10.2 Å². The molecule has 2 aromatic heterocycles. The summed E-state index contributed by atoms with van der Waals surface area (Å²) in [6, 6.07) is 11.9. The molecular weight excluding hydrogens is 522 g/mol. The average molecular weight is 550 g/mol. The molecule has 1 aliphatic heterocycles. The maximum absolute atomic E-state index is 13.8. The minimum atomic E-state index is -0.871. The van der Waals surface area contributed by atoms with E-state index in [0.717, 1.165) is 16.1 Å². The highest BCUT2D eigenvalue weighted by atomic mass is 32.1. The predicted octanol–water partition coefficient (Wildman–Crippen LogP) is 6.34. The second-order valence-corrected chi connectivity index (χ2v) is 11.0. The van der Waals surface area contributed by atoms with Gasteiger partial charge in [0.2, 0.25) is 5.78 Å². The Hall–Kier alpha value is -3.76. The number of aryl methyl sites for hydroxylation is 2. The van der Waals surface area contributed by atoms with Crippen molar-refractivity contribution in [2.24, 2.45) is 0 Å². The van der Waals surface area contributed by atoms with E-state index in [1.54, 1.807) is 19.1 Å². The van der Waals surface area contributed by atoms with E-state index in [1.807, 2.05) is 51.1 Å². The van der Waals surface area contributed by atoms with Gasteiger partial charge in [0.05, 0.1) is 50.6 Å². The van der Waals surface area contributed by atoms with E-state index in [4.69, 9.17) is 9.47 Å². The Labute approximate surface area is 228 Å². The van der Waals surface area contributed by atoms with Crippen LogP contribution in [-0.4, -0.2) is 40.0 Å². The highest BCUT2D eigenvalue weighted by Crippen LogP contribution is 2.45. The van der Waals surface area contributed by atoms with Gasteiger partial charge in [-0.2, -0.15) is 0 Å². The molecule has 8 nitrogen and oxygen atoms in total. The summed E-state index contributed by atoms with van der Waals surface area (Å²) in [4.78, 5) is 38.2. The zero-order valence-corrected chi connectivity index (χ0v) is 23.1. The quantitative estimate of drug-likeness (QED) is 0.243. The van der Waals surface area contributed by atoms with E-state index >= 15 is 0 Å². The second kappa shape index (κ2) is 10.5. The van der Waals surface area contributed by atoms with Crippen molar-refractivity contribution in [3.05, 3.63) is 74.9 Å². The zero-order valence-electron chi connectivity index (χ0n) is 21.5. The lowest BCUT2D eigenvalue weighted by atomic mass is 9.95. The number of ether oxygens (including phenoxy) is 2. The number of nitrogens with zero attached hydrogens (tertiary/aromatic N) is 3. The first-order valence-electron chi connectivity index (χ1n) is 12.3. The number of hydrogen-bond donors (Lipinski definition) is 1. The van der Waals surface area contributed by atoms with E-state index in [0.29, 0.717) is 51.5 Å². The standard InChI is InChI=1S/C28H27N3O5S2/c1-5-13-36-18-9-7-17(8-10-18)23-22(24(32)26-15(3)29-16(4)37-26)25(33)27(34)31(23)28-30-20-12-11-19(35-6-2)14-21(20)38-28/h7-12,14,23,33H,5-6,13H2,1-4H3. The Morgan fingerprint density at radius 2 is 1.76 bits per heavy atom. The molecule has 2 aromatic carbocycles. The number of amides is 1. The third kappa shape index (κ3) is 4.65. The second-order valence-electron chi connectivity index (χ2n) is 8.79. The van der Waals surface area contributed by atoms with Crippen molar-refractivity contribution in [3.8, 4) is 11.5 Å². The van der Waals surface area contributed by atoms with Crippen LogP contribution >= 0.6 is 22.7 Å². The molecule has 4 aromatic rings. The van der Waals surface area contributed by atoms with Crippen molar-refractivity contribution in [2.75, 3.05) is 18.1 Å². The Balaban J connectivity index is 1.62. The smallest absolute Gasteiger partial charge is 0.296 e. The molecule has 1 unspecified atom stereocenters. The van der Waals surface area contributed by atoms with Gasteiger partial charge < -0.3 is 14.6 Å². The van der Waals surface area contributed by atoms with E-state index in [1.165, 1.54) is 27.6 Å². The lowest BCUT2D eigenvalue weighted by Gasteiger charge is -2.24. The molecule has 5 rings (SSSR count). The van der Waals surface area contributed by atoms with Crippen LogP contribution in [0.3, 0.4) is 0 Å². The van der Waals surface area contributed by atoms with Crippen LogP contribution in [0.4, 0.5) is 5.13 Å². The van der Waals surface area contributed by atoms with Crippen LogP contribution in [0.2, 0.25) is 0 Å². The average Bonchev–Trinajstić information content (AvgIpc) is 3.55. The normalized spacial score (nSPS) is 15.5. The first-order valence-corrected chi connectivity index (χ1v) is 14.0. The van der Waals surface area contributed by atoms with Gasteiger partial charge in [0, 0.05) is 0 Å². The highest BCUT2D eigenvalue weighted by Gasteiger charge is 2.46. The third-order valence-corrected chi connectivity index (χ3v) is 8.19. The lowest BCUT2D eigenvalue weighted by molar-refractivity contribution is -0.117. The number of carbonyl (C=O) groups excluding carboxylic acids is 2. The molecular formula is C28H27N3O5S2. The topological polar surface area (TPSA) is 102 Å². The van der Waals surface area contributed by atoms with E-state index in [9.17, 15) is 14.7 Å². The molecule has 0 radical (unpaired) electrons. The summed E-state index contributed by atoms with van der Waals surface area (Å²) in [5, 5.41) is 12.2. The number of carbonyl (C=O) groups is 2. The summed E-state index contributed by atoms with van der Waals surface area (Å²) in [5.41, 5.74) is 1.92. The number of aliphatic hydroxyl groups is 1. The summed E-state index contributed by atoms with van der Waals surface area (Å²) < 4.78 is 12.2. The van der Waals surface area contributed by atoms with Gasteiger partial charge in [-0.05, 0) is 63.1 Å². The van der Waals surface area contributed by atoms with Crippen LogP contribution < -0.4 is 14.4 Å². The fraction of sp³-hybridized carbons (Fsp3) is 0.286. The number of aromatic nitrogens is 2. The first-order chi connectivity index (χ1) is 18.3. The summed E-state index contributed by atoms with van der Waals surface area (Å²) in [6.45, 7) is 8.62. The molecule has 1 amide bonds. The molecule has 3 heterocycles. The minimum Gasteiger partial charge on any atom is -0.503 e. The van der Waals surface area contributed by atoms with Gasteiger partial charge >= 0.3 is 0 Å². The number of anilines is 1. The zero-order chi connectivity index (χ0) is 27.0. The molecule has 0 spiro atoms. The number of ketones is 1. The highest BCUT2D eigenvalue weighted by molar-refractivity contribution is 7.22. The SMILES string of the molecule is CCCOc1ccc(C2C(C(=O)c3sc(C)nc3C)=C(O)C(=O)N2c2nc3ccc(OCC)cc3s2)cc1. The molecule has 10 heteroatoms. The largest absolute Gasteiger partial charge is 0.503 e. The molecule has 0 aliphatic carbocycles. The monoisotopic (exact) mass is 549 g/mol. The van der Waals surface area contributed by atoms with E-state index in [-0.39, 0.29) is 5.57 Å². The number of benzene rings is 2. The van der Waals surface area contributed by atoms with Crippen molar-refractivity contribution in [1.82, 2.24) is 9.97 Å². The van der Waals surface area contributed by atoms with Crippen molar-refractivity contribution in [2.45, 2.75) is 40.2 Å². The number of thiazole rings is 2. The minimum absolute atomic E-state index is 0.0123. The Kier molecular flexibility index (Phi) is 7.18. The molecule has 0 saturated heterocycles. The first kappa shape index (κ1) is 25.9. The maximum Gasteiger partial charge on any atom is 0.296 e. The Morgan fingerprint density at radius 1 is 1.03 bits per heavy atom. The van der Waals surface area contributed by atoms with Gasteiger partial charge in [0.1, 0.15) is 11.5 Å². The Bertz CT molecular complexity index is 1550. The molecule has 196 valence electrons. The molecule has 1 atom stereocenters. The van der Waals surface area contributed by atoms with Crippen molar-refractivity contribution in [1.29, 1.82) is 0 Å². The number of rotatable bonds is 9. The van der Waals surface area contributed by atoms with Gasteiger partial charge in [-0.3, -0.25) is 14.5 Å². The fourth-order valence-electron chi connectivity index (χ4n) is 4.43. The van der Waals surface area contributed by atoms with Crippen LogP contribution in [0, 0.1) is 13.8 Å². The van der Waals surface area contributed by atoms with Gasteiger partial charge in [-0.1, -0.05) is 30.4 Å². The fourth-order valence-corrected chi connectivity index (χ4v) is 6.33. The van der Waals surface area contributed by atoms with Crippen LogP contribution in [-0.2, 0) is 4.79 Å². The maximum atomic E-state index is 13.8. The molecule has 1 aliphatic rings.